The maximum absolute atomic E-state index is 14.3. The monoisotopic (exact) mass is 334 g/mol. The molecule has 0 bridgehead atoms. The molecular formula is C16H10F4N4. The molecule has 0 aliphatic carbocycles. The highest BCUT2D eigenvalue weighted by atomic mass is 19.4. The Kier molecular flexibility index (Phi) is 3.88. The van der Waals surface area contributed by atoms with Crippen LogP contribution in [0.25, 0.3) is 22.4 Å². The Hall–Kier alpha value is -3.03. The average Bonchev–Trinajstić information content (AvgIpc) is 2.54. The fourth-order valence-electron chi connectivity index (χ4n) is 2.42. The van der Waals surface area contributed by atoms with Crippen LogP contribution in [0.1, 0.15) is 5.56 Å². The Morgan fingerprint density at radius 3 is 2.29 bits per heavy atom. The number of alkyl halides is 3. The van der Waals surface area contributed by atoms with Gasteiger partial charge in [-0.2, -0.15) is 18.3 Å². The Morgan fingerprint density at radius 2 is 1.67 bits per heavy atom. The summed E-state index contributed by atoms with van der Waals surface area (Å²) in [4.78, 5) is 3.76. The van der Waals surface area contributed by atoms with E-state index in [1.165, 1.54) is 24.3 Å². The lowest BCUT2D eigenvalue weighted by Crippen LogP contribution is -2.12. The van der Waals surface area contributed by atoms with Crippen LogP contribution in [0.5, 0.6) is 0 Å². The Morgan fingerprint density at radius 1 is 0.958 bits per heavy atom. The van der Waals surface area contributed by atoms with Crippen molar-refractivity contribution in [1.29, 1.82) is 0 Å². The van der Waals surface area contributed by atoms with Crippen molar-refractivity contribution in [3.8, 4) is 22.4 Å². The molecule has 4 nitrogen and oxygen atoms in total. The van der Waals surface area contributed by atoms with E-state index in [0.717, 1.165) is 18.3 Å². The molecule has 0 spiro atoms. The number of nitrogens with zero attached hydrogens (tertiary/aromatic N) is 3. The zero-order valence-corrected chi connectivity index (χ0v) is 12.0. The molecule has 0 radical (unpaired) electrons. The van der Waals surface area contributed by atoms with Crippen molar-refractivity contribution in [2.45, 2.75) is 6.18 Å². The fraction of sp³-hybridized carbons (Fsp3) is 0.0625. The van der Waals surface area contributed by atoms with Crippen molar-refractivity contribution < 1.29 is 17.6 Å². The van der Waals surface area contributed by atoms with Crippen molar-refractivity contribution in [3.63, 3.8) is 0 Å². The minimum absolute atomic E-state index is 0.110. The predicted octanol–water partition coefficient (Wildman–Crippen LogP) is 3.95. The maximum Gasteiger partial charge on any atom is 0.417 e. The molecule has 2 aromatic carbocycles. The highest BCUT2D eigenvalue weighted by molar-refractivity contribution is 5.78. The first kappa shape index (κ1) is 15.9. The zero-order chi connectivity index (χ0) is 17.3. The predicted molar refractivity (Wildman–Crippen MR) is 80.1 cm³/mol. The van der Waals surface area contributed by atoms with Crippen LogP contribution in [0.4, 0.5) is 23.5 Å². The van der Waals surface area contributed by atoms with Gasteiger partial charge in [-0.05, 0) is 17.7 Å². The van der Waals surface area contributed by atoms with Gasteiger partial charge in [0, 0.05) is 11.1 Å². The lowest BCUT2D eigenvalue weighted by atomic mass is 9.93. The summed E-state index contributed by atoms with van der Waals surface area (Å²) in [5, 5.41) is 6.93. The number of nitrogen functional groups attached to an aromatic ring is 1. The quantitative estimate of drug-likeness (QED) is 0.721. The molecule has 0 atom stereocenters. The molecule has 1 aromatic heterocycles. The summed E-state index contributed by atoms with van der Waals surface area (Å²) in [5.74, 6) is -1.25. The number of hydrogen-bond acceptors (Lipinski definition) is 4. The van der Waals surface area contributed by atoms with Crippen molar-refractivity contribution in [3.05, 3.63) is 60.0 Å². The van der Waals surface area contributed by atoms with Gasteiger partial charge >= 0.3 is 6.18 Å². The summed E-state index contributed by atoms with van der Waals surface area (Å²) in [6.07, 6.45) is -3.75. The summed E-state index contributed by atoms with van der Waals surface area (Å²) in [7, 11) is 0. The molecule has 0 aliphatic rings. The maximum atomic E-state index is 14.3. The molecule has 0 unspecified atom stereocenters. The summed E-state index contributed by atoms with van der Waals surface area (Å²) in [6, 6.07) is 9.48. The Balaban J connectivity index is 2.36. The second-order valence-electron chi connectivity index (χ2n) is 4.91. The number of nitrogens with two attached hydrogens (primary N) is 1. The SMILES string of the molecule is Nc1nncc(-c2ccc(F)c(-c3ccccc3)c2C(F)(F)F)n1. The van der Waals surface area contributed by atoms with Gasteiger partial charge in [0.1, 0.15) is 5.82 Å². The number of anilines is 1. The molecule has 2 N–H and O–H groups in total. The Bertz CT molecular complexity index is 879. The standard InChI is InChI=1S/C16H10F4N4/c17-11-7-6-10(12-8-22-24-15(21)23-12)14(16(18,19)20)13(11)9-4-2-1-3-5-9/h1-8H,(H2,21,23,24). The zero-order valence-electron chi connectivity index (χ0n) is 12.0. The minimum atomic E-state index is -4.80. The number of hydrogen-bond donors (Lipinski definition) is 1. The fourth-order valence-corrected chi connectivity index (χ4v) is 2.42. The van der Waals surface area contributed by atoms with Gasteiger partial charge in [-0.3, -0.25) is 0 Å². The number of benzene rings is 2. The van der Waals surface area contributed by atoms with Gasteiger partial charge < -0.3 is 5.73 Å². The molecule has 1 heterocycles. The van der Waals surface area contributed by atoms with Crippen molar-refractivity contribution in [2.24, 2.45) is 0 Å². The van der Waals surface area contributed by atoms with Crippen molar-refractivity contribution in [2.75, 3.05) is 5.73 Å². The first-order valence-electron chi connectivity index (χ1n) is 6.78. The summed E-state index contributed by atoms with van der Waals surface area (Å²) < 4.78 is 55.4. The van der Waals surface area contributed by atoms with Gasteiger partial charge in [0.25, 0.3) is 0 Å². The lowest BCUT2D eigenvalue weighted by molar-refractivity contribution is -0.136. The number of aromatic nitrogens is 3. The third-order valence-electron chi connectivity index (χ3n) is 3.35. The van der Waals surface area contributed by atoms with E-state index in [9.17, 15) is 17.6 Å². The first-order valence-corrected chi connectivity index (χ1v) is 6.78. The van der Waals surface area contributed by atoms with Crippen LogP contribution in [0, 0.1) is 5.82 Å². The van der Waals surface area contributed by atoms with Crippen LogP contribution in [-0.4, -0.2) is 15.2 Å². The topological polar surface area (TPSA) is 64.7 Å². The normalized spacial score (nSPS) is 11.5. The molecular weight excluding hydrogens is 324 g/mol. The van der Waals surface area contributed by atoms with Crippen LogP contribution in [0.2, 0.25) is 0 Å². The Labute approximate surface area is 134 Å². The third-order valence-corrected chi connectivity index (χ3v) is 3.35. The van der Waals surface area contributed by atoms with Gasteiger partial charge in [0.15, 0.2) is 0 Å². The van der Waals surface area contributed by atoms with Crippen LogP contribution >= 0.6 is 0 Å². The summed E-state index contributed by atoms with van der Waals surface area (Å²) in [6.45, 7) is 0. The molecule has 24 heavy (non-hydrogen) atoms. The smallest absolute Gasteiger partial charge is 0.366 e. The number of halogens is 4. The molecule has 0 aliphatic heterocycles. The van der Waals surface area contributed by atoms with Crippen LogP contribution < -0.4 is 5.73 Å². The molecule has 0 fully saturated rings. The highest BCUT2D eigenvalue weighted by Gasteiger charge is 2.38. The van der Waals surface area contributed by atoms with Crippen LogP contribution in [-0.2, 0) is 6.18 Å². The van der Waals surface area contributed by atoms with E-state index in [4.69, 9.17) is 5.73 Å². The minimum Gasteiger partial charge on any atom is -0.366 e. The van der Waals surface area contributed by atoms with E-state index in [2.05, 4.69) is 15.2 Å². The number of rotatable bonds is 2. The average molecular weight is 334 g/mol. The van der Waals surface area contributed by atoms with E-state index >= 15 is 0 Å². The third kappa shape index (κ3) is 2.90. The van der Waals surface area contributed by atoms with Crippen LogP contribution in [0.3, 0.4) is 0 Å². The van der Waals surface area contributed by atoms with Gasteiger partial charge in [-0.1, -0.05) is 30.3 Å². The molecule has 0 amide bonds. The molecule has 0 saturated heterocycles. The summed E-state index contributed by atoms with van der Waals surface area (Å²) >= 11 is 0. The van der Waals surface area contributed by atoms with Gasteiger partial charge in [-0.25, -0.2) is 9.37 Å². The van der Waals surface area contributed by atoms with Gasteiger partial charge in [-0.15, -0.1) is 5.10 Å². The van der Waals surface area contributed by atoms with Crippen LogP contribution in [0.15, 0.2) is 48.7 Å². The highest BCUT2D eigenvalue weighted by Crippen LogP contribution is 2.43. The van der Waals surface area contributed by atoms with E-state index in [-0.39, 0.29) is 22.8 Å². The van der Waals surface area contributed by atoms with Gasteiger partial charge in [0.05, 0.1) is 17.5 Å². The second kappa shape index (κ2) is 5.88. The van der Waals surface area contributed by atoms with E-state index in [1.807, 2.05) is 0 Å². The molecule has 122 valence electrons. The van der Waals surface area contributed by atoms with Crippen molar-refractivity contribution >= 4 is 5.95 Å². The summed E-state index contributed by atoms with van der Waals surface area (Å²) in [5.41, 5.74) is 3.38. The lowest BCUT2D eigenvalue weighted by Gasteiger charge is -2.18. The second-order valence-corrected chi connectivity index (χ2v) is 4.91. The largest absolute Gasteiger partial charge is 0.417 e. The molecule has 0 saturated carbocycles. The van der Waals surface area contributed by atoms with E-state index in [0.29, 0.717) is 0 Å². The first-order chi connectivity index (χ1) is 11.4. The van der Waals surface area contributed by atoms with Gasteiger partial charge in [0.2, 0.25) is 5.95 Å². The molecule has 3 rings (SSSR count). The molecule has 3 aromatic rings. The van der Waals surface area contributed by atoms with Crippen molar-refractivity contribution in [1.82, 2.24) is 15.2 Å². The molecule has 8 heteroatoms. The van der Waals surface area contributed by atoms with E-state index in [1.54, 1.807) is 6.07 Å². The van der Waals surface area contributed by atoms with E-state index < -0.39 is 23.1 Å².